The fourth-order valence-electron chi connectivity index (χ4n) is 1.32. The minimum Gasteiger partial charge on any atom is -0.374 e. The van der Waals surface area contributed by atoms with Gasteiger partial charge < -0.3 is 4.74 Å². The lowest BCUT2D eigenvalue weighted by molar-refractivity contribution is -0.112. The van der Waals surface area contributed by atoms with Gasteiger partial charge in [-0.25, -0.2) is 0 Å². The van der Waals surface area contributed by atoms with Crippen LogP contribution in [0.25, 0.3) is 0 Å². The van der Waals surface area contributed by atoms with E-state index in [1.54, 1.807) is 20.1 Å². The molecular weight excluding hydrogens is 164 g/mol. The average molecular weight is 184 g/mol. The third-order valence-electron chi connectivity index (χ3n) is 1.95. The zero-order chi connectivity index (χ0) is 10.5. The molecule has 0 aromatic carbocycles. The van der Waals surface area contributed by atoms with Crippen molar-refractivity contribution in [2.45, 2.75) is 39.7 Å². The van der Waals surface area contributed by atoms with Crippen molar-refractivity contribution >= 4 is 5.78 Å². The normalized spacial score (nSPS) is 16.5. The first kappa shape index (κ1) is 12.4. The van der Waals surface area contributed by atoms with E-state index in [1.807, 2.05) is 13.0 Å². The number of carbonyl (C=O) groups excluding carboxylic acids is 1. The van der Waals surface area contributed by atoms with Gasteiger partial charge in [-0.1, -0.05) is 13.8 Å². The molecule has 1 unspecified atom stereocenters. The lowest BCUT2D eigenvalue weighted by atomic mass is 9.93. The molecular formula is C11H20O2. The third kappa shape index (κ3) is 5.58. The molecule has 13 heavy (non-hydrogen) atoms. The van der Waals surface area contributed by atoms with Gasteiger partial charge >= 0.3 is 0 Å². The molecule has 0 amide bonds. The van der Waals surface area contributed by atoms with Crippen LogP contribution in [0.2, 0.25) is 0 Å². The molecule has 0 saturated carbocycles. The van der Waals surface area contributed by atoms with E-state index < -0.39 is 0 Å². The van der Waals surface area contributed by atoms with Gasteiger partial charge in [0.15, 0.2) is 5.78 Å². The fraction of sp³-hybridized carbons (Fsp3) is 0.727. The summed E-state index contributed by atoms with van der Waals surface area (Å²) in [6.07, 6.45) is 4.34. The maximum atomic E-state index is 10.7. The average Bonchev–Trinajstić information content (AvgIpc) is 2.00. The summed E-state index contributed by atoms with van der Waals surface area (Å²) in [6.45, 7) is 7.81. The lowest BCUT2D eigenvalue weighted by Gasteiger charge is -2.26. The van der Waals surface area contributed by atoms with Crippen molar-refractivity contribution in [1.82, 2.24) is 0 Å². The van der Waals surface area contributed by atoms with E-state index in [-0.39, 0.29) is 11.4 Å². The molecule has 0 aliphatic carbocycles. The van der Waals surface area contributed by atoms with Crippen LogP contribution in [0.3, 0.4) is 0 Å². The van der Waals surface area contributed by atoms with Crippen LogP contribution < -0.4 is 0 Å². The van der Waals surface area contributed by atoms with Crippen LogP contribution in [0.5, 0.6) is 0 Å². The first-order valence-electron chi connectivity index (χ1n) is 4.64. The van der Waals surface area contributed by atoms with E-state index in [4.69, 9.17) is 4.74 Å². The Morgan fingerprint density at radius 2 is 2.08 bits per heavy atom. The number of hydrogen-bond donors (Lipinski definition) is 0. The SMILES string of the molecule is COC(C)(/C=C/C(C)=O)CC(C)C. The van der Waals surface area contributed by atoms with Crippen LogP contribution in [0, 0.1) is 5.92 Å². The Morgan fingerprint density at radius 1 is 1.54 bits per heavy atom. The molecule has 0 fully saturated rings. The third-order valence-corrected chi connectivity index (χ3v) is 1.95. The molecule has 0 N–H and O–H groups in total. The first-order valence-corrected chi connectivity index (χ1v) is 4.64. The molecule has 1 atom stereocenters. The second-order valence-corrected chi connectivity index (χ2v) is 4.06. The van der Waals surface area contributed by atoms with Crippen LogP contribution in [0.4, 0.5) is 0 Å². The highest BCUT2D eigenvalue weighted by Crippen LogP contribution is 2.21. The zero-order valence-electron chi connectivity index (χ0n) is 9.26. The molecule has 0 aliphatic heterocycles. The Hall–Kier alpha value is -0.630. The highest BCUT2D eigenvalue weighted by atomic mass is 16.5. The Morgan fingerprint density at radius 3 is 2.38 bits per heavy atom. The van der Waals surface area contributed by atoms with E-state index in [9.17, 15) is 4.79 Å². The number of allylic oxidation sites excluding steroid dienone is 1. The van der Waals surface area contributed by atoms with Gasteiger partial charge in [0.2, 0.25) is 0 Å². The van der Waals surface area contributed by atoms with Crippen LogP contribution >= 0.6 is 0 Å². The van der Waals surface area contributed by atoms with Gasteiger partial charge in [-0.05, 0) is 38.3 Å². The number of methoxy groups -OCH3 is 1. The molecule has 0 heterocycles. The van der Waals surface area contributed by atoms with Crippen molar-refractivity contribution < 1.29 is 9.53 Å². The summed E-state index contributed by atoms with van der Waals surface area (Å²) in [7, 11) is 1.67. The highest BCUT2D eigenvalue weighted by molar-refractivity contribution is 5.87. The van der Waals surface area contributed by atoms with Crippen LogP contribution in [-0.4, -0.2) is 18.5 Å². The van der Waals surface area contributed by atoms with Crippen molar-refractivity contribution in [2.75, 3.05) is 7.11 Å². The number of ketones is 1. The van der Waals surface area contributed by atoms with Crippen molar-refractivity contribution in [3.8, 4) is 0 Å². The maximum Gasteiger partial charge on any atom is 0.152 e. The molecule has 0 aliphatic rings. The van der Waals surface area contributed by atoms with E-state index >= 15 is 0 Å². The highest BCUT2D eigenvalue weighted by Gasteiger charge is 2.21. The largest absolute Gasteiger partial charge is 0.374 e. The molecule has 2 heteroatoms. The quantitative estimate of drug-likeness (QED) is 0.614. The second-order valence-electron chi connectivity index (χ2n) is 4.06. The minimum atomic E-state index is -0.306. The predicted molar refractivity (Wildman–Crippen MR) is 54.7 cm³/mol. The molecule has 0 radical (unpaired) electrons. The molecule has 0 saturated heterocycles. The number of ether oxygens (including phenoxy) is 1. The molecule has 0 aromatic rings. The summed E-state index contributed by atoms with van der Waals surface area (Å²) in [5.41, 5.74) is -0.306. The fourth-order valence-corrected chi connectivity index (χ4v) is 1.32. The smallest absolute Gasteiger partial charge is 0.152 e. The summed E-state index contributed by atoms with van der Waals surface area (Å²) in [6, 6.07) is 0. The summed E-state index contributed by atoms with van der Waals surface area (Å²) < 4.78 is 5.36. The van der Waals surface area contributed by atoms with Gasteiger partial charge in [-0.2, -0.15) is 0 Å². The molecule has 2 nitrogen and oxygen atoms in total. The van der Waals surface area contributed by atoms with Crippen LogP contribution in [0.1, 0.15) is 34.1 Å². The molecule has 76 valence electrons. The summed E-state index contributed by atoms with van der Waals surface area (Å²) in [5.74, 6) is 0.619. The predicted octanol–water partition coefficient (Wildman–Crippen LogP) is 2.58. The monoisotopic (exact) mass is 184 g/mol. The van der Waals surface area contributed by atoms with E-state index in [0.29, 0.717) is 5.92 Å². The van der Waals surface area contributed by atoms with E-state index in [2.05, 4.69) is 13.8 Å². The molecule has 0 spiro atoms. The van der Waals surface area contributed by atoms with Gasteiger partial charge in [0.25, 0.3) is 0 Å². The van der Waals surface area contributed by atoms with Crippen molar-refractivity contribution in [3.05, 3.63) is 12.2 Å². The van der Waals surface area contributed by atoms with Gasteiger partial charge in [0, 0.05) is 7.11 Å². The summed E-state index contributed by atoms with van der Waals surface area (Å²) in [4.78, 5) is 10.7. The lowest BCUT2D eigenvalue weighted by Crippen LogP contribution is -2.26. The van der Waals surface area contributed by atoms with Gasteiger partial charge in [0.1, 0.15) is 0 Å². The minimum absolute atomic E-state index is 0.0621. The zero-order valence-corrected chi connectivity index (χ0v) is 9.26. The van der Waals surface area contributed by atoms with Crippen LogP contribution in [-0.2, 0) is 9.53 Å². The molecule has 0 rings (SSSR count). The Bertz CT molecular complexity index is 194. The van der Waals surface area contributed by atoms with Crippen molar-refractivity contribution in [3.63, 3.8) is 0 Å². The van der Waals surface area contributed by atoms with Gasteiger partial charge in [-0.3, -0.25) is 4.79 Å². The van der Waals surface area contributed by atoms with Crippen molar-refractivity contribution in [2.24, 2.45) is 5.92 Å². The first-order chi connectivity index (χ1) is 5.89. The van der Waals surface area contributed by atoms with Gasteiger partial charge in [0.05, 0.1) is 5.60 Å². The number of rotatable bonds is 5. The second kappa shape index (κ2) is 5.18. The molecule has 0 aromatic heterocycles. The molecule has 0 bridgehead atoms. The summed E-state index contributed by atoms with van der Waals surface area (Å²) >= 11 is 0. The Labute approximate surface area is 81.0 Å². The van der Waals surface area contributed by atoms with Gasteiger partial charge in [-0.15, -0.1) is 0 Å². The van der Waals surface area contributed by atoms with E-state index in [1.165, 1.54) is 0 Å². The van der Waals surface area contributed by atoms with E-state index in [0.717, 1.165) is 6.42 Å². The number of carbonyl (C=O) groups is 1. The summed E-state index contributed by atoms with van der Waals surface area (Å²) in [5, 5.41) is 0. The number of hydrogen-bond acceptors (Lipinski definition) is 2. The topological polar surface area (TPSA) is 26.3 Å². The Kier molecular flexibility index (Phi) is 4.92. The standard InChI is InChI=1S/C11H20O2/c1-9(2)8-11(4,13-5)7-6-10(3)12/h6-7,9H,8H2,1-5H3/b7-6+. The Balaban J connectivity index is 4.35. The van der Waals surface area contributed by atoms with Crippen LogP contribution in [0.15, 0.2) is 12.2 Å². The maximum absolute atomic E-state index is 10.7. The van der Waals surface area contributed by atoms with Crippen molar-refractivity contribution in [1.29, 1.82) is 0 Å².